The third-order valence-corrected chi connectivity index (χ3v) is 2.62. The van der Waals surface area contributed by atoms with Crippen LogP contribution in [0, 0.1) is 6.92 Å². The van der Waals surface area contributed by atoms with Crippen molar-refractivity contribution in [2.45, 2.75) is 13.1 Å². The number of nitrogens with one attached hydrogen (secondary N) is 1. The van der Waals surface area contributed by atoms with Gasteiger partial charge in [0.05, 0.1) is 5.69 Å². The van der Waals surface area contributed by atoms with Gasteiger partial charge in [0.15, 0.2) is 12.5 Å². The molecule has 0 aliphatic carbocycles. The van der Waals surface area contributed by atoms with Gasteiger partial charge in [0.25, 0.3) is 0 Å². The largest absolute Gasteiger partial charge is 0.299 e. The zero-order valence-corrected chi connectivity index (χ0v) is 8.77. The molecule has 1 N–H and O–H groups in total. The number of anilines is 1. The molecule has 1 unspecified atom stereocenters. The predicted molar refractivity (Wildman–Crippen MR) is 56.5 cm³/mol. The second kappa shape index (κ2) is 3.86. The first-order valence-corrected chi connectivity index (χ1v) is 4.77. The lowest BCUT2D eigenvalue weighted by molar-refractivity contribution is -0.109. The van der Waals surface area contributed by atoms with Gasteiger partial charge >= 0.3 is 0 Å². The van der Waals surface area contributed by atoms with Crippen LogP contribution in [0.3, 0.4) is 0 Å². The Morgan fingerprint density at radius 1 is 1.60 bits per heavy atom. The summed E-state index contributed by atoms with van der Waals surface area (Å²) in [6.45, 7) is 1.87. The molecule has 2 rings (SSSR count). The molecule has 1 aromatic rings. The van der Waals surface area contributed by atoms with Crippen LogP contribution in [0.2, 0.25) is 5.02 Å². The topological polar surface area (TPSA) is 57.1 Å². The van der Waals surface area contributed by atoms with E-state index >= 15 is 0 Å². The average molecular weight is 225 g/mol. The summed E-state index contributed by atoms with van der Waals surface area (Å²) in [4.78, 5) is 10.7. The average Bonchev–Trinajstić information content (AvgIpc) is 2.70. The molecule has 5 nitrogen and oxygen atoms in total. The van der Waals surface area contributed by atoms with Gasteiger partial charge < -0.3 is 0 Å². The first-order chi connectivity index (χ1) is 7.24. The molecule has 6 heteroatoms. The van der Waals surface area contributed by atoms with Crippen molar-refractivity contribution in [2.75, 3.05) is 5.01 Å². The van der Waals surface area contributed by atoms with Crippen molar-refractivity contribution in [3.63, 3.8) is 0 Å². The van der Waals surface area contributed by atoms with Crippen molar-refractivity contribution in [1.29, 1.82) is 0 Å². The van der Waals surface area contributed by atoms with E-state index in [1.54, 1.807) is 12.1 Å². The maximum absolute atomic E-state index is 10.7. The van der Waals surface area contributed by atoms with Crippen LogP contribution in [0.5, 0.6) is 0 Å². The number of carbonyl (C=O) groups excluding carboxylic acids is 1. The Morgan fingerprint density at radius 3 is 3.13 bits per heavy atom. The van der Waals surface area contributed by atoms with E-state index in [4.69, 9.17) is 11.6 Å². The van der Waals surface area contributed by atoms with Gasteiger partial charge in [-0.15, -0.1) is 0 Å². The van der Waals surface area contributed by atoms with Crippen LogP contribution in [-0.2, 0) is 4.79 Å². The van der Waals surface area contributed by atoms with Crippen molar-refractivity contribution >= 4 is 23.6 Å². The molecule has 0 radical (unpaired) electrons. The van der Waals surface area contributed by atoms with Gasteiger partial charge in [-0.2, -0.15) is 0 Å². The number of hydrogen-bond donors (Lipinski definition) is 1. The van der Waals surface area contributed by atoms with Gasteiger partial charge in [-0.3, -0.25) is 10.2 Å². The molecular formula is C9H9ClN4O. The van der Waals surface area contributed by atoms with E-state index in [0.717, 1.165) is 17.5 Å². The van der Waals surface area contributed by atoms with E-state index in [9.17, 15) is 4.79 Å². The van der Waals surface area contributed by atoms with Gasteiger partial charge in [-0.1, -0.05) is 22.9 Å². The summed E-state index contributed by atoms with van der Waals surface area (Å²) in [7, 11) is 0. The van der Waals surface area contributed by atoms with Crippen molar-refractivity contribution in [1.82, 2.24) is 5.43 Å². The first-order valence-electron chi connectivity index (χ1n) is 4.40. The molecule has 0 saturated heterocycles. The molecule has 0 fully saturated rings. The molecule has 15 heavy (non-hydrogen) atoms. The molecule has 1 aliphatic rings. The van der Waals surface area contributed by atoms with E-state index in [2.05, 4.69) is 15.9 Å². The Labute approximate surface area is 91.7 Å². The summed E-state index contributed by atoms with van der Waals surface area (Å²) in [5.74, 6) is 0. The fourth-order valence-electron chi connectivity index (χ4n) is 1.37. The molecule has 0 bridgehead atoms. The zero-order valence-electron chi connectivity index (χ0n) is 8.01. The Balaban J connectivity index is 2.41. The highest BCUT2D eigenvalue weighted by molar-refractivity contribution is 6.31. The second-order valence-corrected chi connectivity index (χ2v) is 3.54. The van der Waals surface area contributed by atoms with E-state index in [1.807, 2.05) is 13.0 Å². The number of benzene rings is 1. The maximum Gasteiger partial charge on any atom is 0.195 e. The number of nitrogens with zero attached hydrogens (tertiary/aromatic N) is 3. The van der Waals surface area contributed by atoms with Crippen molar-refractivity contribution in [3.8, 4) is 0 Å². The third-order valence-electron chi connectivity index (χ3n) is 2.21. The monoisotopic (exact) mass is 224 g/mol. The normalized spacial score (nSPS) is 19.1. The highest BCUT2D eigenvalue weighted by Crippen LogP contribution is 2.28. The Bertz CT molecular complexity index is 421. The quantitative estimate of drug-likeness (QED) is 0.781. The molecule has 78 valence electrons. The van der Waals surface area contributed by atoms with Crippen LogP contribution < -0.4 is 10.4 Å². The molecule has 0 spiro atoms. The van der Waals surface area contributed by atoms with E-state index < -0.39 is 6.17 Å². The molecular weight excluding hydrogens is 216 g/mol. The van der Waals surface area contributed by atoms with E-state index in [0.29, 0.717) is 5.02 Å². The minimum atomic E-state index is -0.554. The molecule has 1 heterocycles. The summed E-state index contributed by atoms with van der Waals surface area (Å²) in [6.07, 6.45) is 0.183. The summed E-state index contributed by atoms with van der Waals surface area (Å²) in [5, 5.41) is 9.54. The zero-order chi connectivity index (χ0) is 10.8. The minimum Gasteiger partial charge on any atom is -0.299 e. The first kappa shape index (κ1) is 9.92. The van der Waals surface area contributed by atoms with E-state index in [-0.39, 0.29) is 0 Å². The summed E-state index contributed by atoms with van der Waals surface area (Å²) >= 11 is 5.98. The van der Waals surface area contributed by atoms with Crippen LogP contribution in [-0.4, -0.2) is 12.5 Å². The second-order valence-electron chi connectivity index (χ2n) is 3.13. The summed E-state index contributed by atoms with van der Waals surface area (Å²) < 4.78 is 0. The highest BCUT2D eigenvalue weighted by Gasteiger charge is 2.24. The number of hydrogen-bond acceptors (Lipinski definition) is 5. The smallest absolute Gasteiger partial charge is 0.195 e. The van der Waals surface area contributed by atoms with Crippen LogP contribution in [0.4, 0.5) is 5.69 Å². The fourth-order valence-corrected chi connectivity index (χ4v) is 1.54. The molecule has 0 saturated carbocycles. The number of aldehydes is 1. The van der Waals surface area contributed by atoms with Gasteiger partial charge in [0.2, 0.25) is 0 Å². The molecule has 0 amide bonds. The lowest BCUT2D eigenvalue weighted by Crippen LogP contribution is -2.36. The summed E-state index contributed by atoms with van der Waals surface area (Å²) in [5.41, 5.74) is 4.22. The van der Waals surface area contributed by atoms with E-state index in [1.165, 1.54) is 5.01 Å². The van der Waals surface area contributed by atoms with Gasteiger partial charge in [-0.25, -0.2) is 5.01 Å². The SMILES string of the molecule is Cc1c(Cl)cccc1N1N=NNC1C=O. The van der Waals surface area contributed by atoms with Gasteiger partial charge in [-0.05, 0) is 29.8 Å². The molecule has 1 aromatic carbocycles. The predicted octanol–water partition coefficient (Wildman–Crippen LogP) is 1.87. The van der Waals surface area contributed by atoms with Crippen LogP contribution >= 0.6 is 11.6 Å². The lowest BCUT2D eigenvalue weighted by atomic mass is 10.2. The third kappa shape index (κ3) is 1.66. The Kier molecular flexibility index (Phi) is 2.55. The summed E-state index contributed by atoms with van der Waals surface area (Å²) in [6, 6.07) is 5.43. The minimum absolute atomic E-state index is 0.554. The number of halogens is 1. The van der Waals surface area contributed by atoms with Crippen molar-refractivity contribution in [3.05, 3.63) is 28.8 Å². The van der Waals surface area contributed by atoms with Crippen LogP contribution in [0.25, 0.3) is 0 Å². The van der Waals surface area contributed by atoms with Gasteiger partial charge in [0, 0.05) is 5.02 Å². The van der Waals surface area contributed by atoms with Crippen LogP contribution in [0.1, 0.15) is 5.56 Å². The van der Waals surface area contributed by atoms with Crippen molar-refractivity contribution in [2.24, 2.45) is 10.4 Å². The number of carbonyl (C=O) groups is 1. The number of rotatable bonds is 2. The molecule has 1 aliphatic heterocycles. The molecule has 0 aromatic heterocycles. The lowest BCUT2D eigenvalue weighted by Gasteiger charge is -2.18. The fraction of sp³-hybridized carbons (Fsp3) is 0.222. The highest BCUT2D eigenvalue weighted by atomic mass is 35.5. The standard InChI is InChI=1S/C9H9ClN4O/c1-6-7(10)3-2-4-8(6)14-9(5-15)11-12-13-14/h2-5,9H,1H3,(H,11,13). The Hall–Kier alpha value is -1.62. The van der Waals surface area contributed by atoms with Crippen LogP contribution in [0.15, 0.2) is 28.6 Å². The maximum atomic E-state index is 10.7. The van der Waals surface area contributed by atoms with Crippen molar-refractivity contribution < 1.29 is 4.79 Å². The molecule has 1 atom stereocenters. The van der Waals surface area contributed by atoms with Gasteiger partial charge in [0.1, 0.15) is 0 Å². The Morgan fingerprint density at radius 2 is 2.40 bits per heavy atom.